The summed E-state index contributed by atoms with van der Waals surface area (Å²) < 4.78 is 5.30. The zero-order valence-corrected chi connectivity index (χ0v) is 35.2. The van der Waals surface area contributed by atoms with Gasteiger partial charge in [-0.1, -0.05) is 0 Å². The predicted octanol–water partition coefficient (Wildman–Crippen LogP) is 5.27. The zero-order chi connectivity index (χ0) is 33.7. The van der Waals surface area contributed by atoms with Gasteiger partial charge in [-0.25, -0.2) is 0 Å². The van der Waals surface area contributed by atoms with Crippen LogP contribution in [0.1, 0.15) is 103 Å². The van der Waals surface area contributed by atoms with Crippen LogP contribution in [0, 0.1) is 11.3 Å². The van der Waals surface area contributed by atoms with Crippen molar-refractivity contribution < 1.29 is 46.1 Å². The largest absolute Gasteiger partial charge is 1.00 e. The van der Waals surface area contributed by atoms with E-state index in [1.807, 2.05) is 0 Å². The second-order valence-electron chi connectivity index (χ2n) is 17.1. The Bertz CT molecular complexity index is 1850. The molecule has 4 aromatic carbocycles. The molecular formula is C46H54Cl2Zr. The summed E-state index contributed by atoms with van der Waals surface area (Å²) >= 11 is -2.78. The van der Waals surface area contributed by atoms with Crippen LogP contribution in [0.2, 0.25) is 0 Å². The standard InChI is InChI=1S/C21H25.C15H14.C10H15.2ClH.Zr/c1-20(2,3)16-7-9-18-14(12-16)11-15-13-17(21(4,5)6)8-10-19(15)18;1-3-8-14(9-4-1)12-7-13-15-10-5-2-6-11-15;1-8-5-6-9(7-8)10(2,3)4;;;/h7-10,12H,11H2,1-6H3;1-6,8-11H,12-13H2;6-8H,1-4H3;2*1H;/q;;;;;+2/p-2. The first-order valence-corrected chi connectivity index (χ1v) is 21.3. The van der Waals surface area contributed by atoms with Crippen molar-refractivity contribution in [2.45, 2.75) is 99.3 Å². The van der Waals surface area contributed by atoms with Gasteiger partial charge >= 0.3 is 295 Å². The van der Waals surface area contributed by atoms with E-state index in [9.17, 15) is 0 Å². The monoisotopic (exact) mass is 766 g/mol. The Morgan fingerprint density at radius 2 is 1.20 bits per heavy atom. The smallest absolute Gasteiger partial charge is 1.00 e. The summed E-state index contributed by atoms with van der Waals surface area (Å²) in [4.78, 5) is 0. The van der Waals surface area contributed by atoms with Crippen LogP contribution in [-0.4, -0.2) is 3.21 Å². The van der Waals surface area contributed by atoms with Gasteiger partial charge in [0.15, 0.2) is 0 Å². The second-order valence-corrected chi connectivity index (χ2v) is 23.4. The second kappa shape index (κ2) is 15.1. The average Bonchev–Trinajstić information content (AvgIpc) is 3.58. The summed E-state index contributed by atoms with van der Waals surface area (Å²) in [6.07, 6.45) is 8.43. The minimum absolute atomic E-state index is 0. The molecule has 0 aromatic heterocycles. The molecule has 0 spiro atoms. The van der Waals surface area contributed by atoms with E-state index in [0.717, 1.165) is 19.3 Å². The fourth-order valence-electron chi connectivity index (χ4n) is 7.58. The number of rotatable bonds is 6. The molecule has 256 valence electrons. The summed E-state index contributed by atoms with van der Waals surface area (Å²) in [7, 11) is 0. The van der Waals surface area contributed by atoms with Gasteiger partial charge in [0.25, 0.3) is 0 Å². The number of halogens is 2. The zero-order valence-electron chi connectivity index (χ0n) is 31.3. The van der Waals surface area contributed by atoms with Crippen molar-refractivity contribution in [2.24, 2.45) is 11.3 Å². The first kappa shape index (κ1) is 39.5. The maximum Gasteiger partial charge on any atom is -1.00 e. The molecule has 0 heterocycles. The van der Waals surface area contributed by atoms with E-state index < -0.39 is 21.3 Å². The fourth-order valence-corrected chi connectivity index (χ4v) is 17.2. The van der Waals surface area contributed by atoms with Crippen molar-refractivity contribution in [3.8, 4) is 11.1 Å². The Morgan fingerprint density at radius 3 is 1.69 bits per heavy atom. The Kier molecular flexibility index (Phi) is 12.2. The normalized spacial score (nSPS) is 15.2. The van der Waals surface area contributed by atoms with E-state index in [4.69, 9.17) is 0 Å². The van der Waals surface area contributed by atoms with Crippen LogP contribution in [0.5, 0.6) is 0 Å². The molecular weight excluding hydrogens is 715 g/mol. The average molecular weight is 769 g/mol. The van der Waals surface area contributed by atoms with Crippen LogP contribution >= 0.6 is 0 Å². The van der Waals surface area contributed by atoms with Gasteiger partial charge in [0.05, 0.1) is 0 Å². The molecule has 0 radical (unpaired) electrons. The van der Waals surface area contributed by atoms with Crippen molar-refractivity contribution in [1.29, 1.82) is 0 Å². The van der Waals surface area contributed by atoms with E-state index in [1.165, 1.54) is 39.0 Å². The van der Waals surface area contributed by atoms with Gasteiger partial charge in [0.2, 0.25) is 0 Å². The molecule has 6 rings (SSSR count). The topological polar surface area (TPSA) is 0 Å². The molecule has 0 N–H and O–H groups in total. The Hall–Kier alpha value is -2.31. The van der Waals surface area contributed by atoms with Gasteiger partial charge in [-0.2, -0.15) is 0 Å². The summed E-state index contributed by atoms with van der Waals surface area (Å²) in [5.41, 5.74) is 13.8. The predicted molar refractivity (Wildman–Crippen MR) is 202 cm³/mol. The number of benzene rings is 4. The molecule has 1 unspecified atom stereocenters. The quantitative estimate of drug-likeness (QED) is 0.221. The van der Waals surface area contributed by atoms with Crippen LogP contribution in [-0.2, 0) is 51.4 Å². The SMILES string of the molecule is CC1C=C(C(C)(C)C)C=[C]1[Zr+2](=[C](Cc1ccccc1)Cc1ccccc1)[c]1c(C(C)(C)C)ccc2c1Cc1cc(C(C)(C)C)ccc1-2.[Cl-].[Cl-]. The van der Waals surface area contributed by atoms with Crippen LogP contribution in [0.15, 0.2) is 112 Å². The van der Waals surface area contributed by atoms with Gasteiger partial charge in [-0.15, -0.1) is 0 Å². The van der Waals surface area contributed by atoms with Gasteiger partial charge < -0.3 is 24.8 Å². The third-order valence-corrected chi connectivity index (χ3v) is 18.4. The number of fused-ring (bicyclic) bond motifs is 3. The Morgan fingerprint density at radius 1 is 0.653 bits per heavy atom. The van der Waals surface area contributed by atoms with Crippen molar-refractivity contribution in [2.75, 3.05) is 0 Å². The first-order valence-electron chi connectivity index (χ1n) is 17.7. The van der Waals surface area contributed by atoms with Gasteiger partial charge in [0.1, 0.15) is 0 Å². The molecule has 0 aliphatic heterocycles. The van der Waals surface area contributed by atoms with E-state index in [1.54, 1.807) is 20.9 Å². The summed E-state index contributed by atoms with van der Waals surface area (Å²) in [6.45, 7) is 24.0. The van der Waals surface area contributed by atoms with Gasteiger partial charge in [0, 0.05) is 0 Å². The third kappa shape index (κ3) is 8.44. The van der Waals surface area contributed by atoms with Crippen LogP contribution in [0.3, 0.4) is 0 Å². The maximum absolute atomic E-state index is 2.78. The molecule has 4 aromatic rings. The molecule has 3 heteroatoms. The fraction of sp³-hybridized carbons (Fsp3) is 0.370. The van der Waals surface area contributed by atoms with Crippen molar-refractivity contribution in [3.63, 3.8) is 0 Å². The van der Waals surface area contributed by atoms with Crippen molar-refractivity contribution in [3.05, 3.63) is 145 Å². The van der Waals surface area contributed by atoms with Crippen LogP contribution < -0.4 is 28.1 Å². The molecule has 2 aliphatic carbocycles. The summed E-state index contributed by atoms with van der Waals surface area (Å²) in [5, 5.41) is 0. The van der Waals surface area contributed by atoms with E-state index in [-0.39, 0.29) is 41.1 Å². The first-order chi connectivity index (χ1) is 22.1. The van der Waals surface area contributed by atoms with Crippen LogP contribution in [0.25, 0.3) is 11.1 Å². The Balaban J connectivity index is 0.00000270. The van der Waals surface area contributed by atoms with Gasteiger partial charge in [-0.3, -0.25) is 0 Å². The molecule has 1 atom stereocenters. The minimum Gasteiger partial charge on any atom is -1.00 e. The number of hydrogen-bond acceptors (Lipinski definition) is 0. The van der Waals surface area contributed by atoms with Crippen LogP contribution in [0.4, 0.5) is 0 Å². The molecule has 0 fully saturated rings. The molecule has 2 aliphatic rings. The molecule has 0 saturated carbocycles. The molecule has 0 amide bonds. The number of hydrogen-bond donors (Lipinski definition) is 0. The maximum atomic E-state index is 2.68. The summed E-state index contributed by atoms with van der Waals surface area (Å²) in [6, 6.07) is 34.9. The summed E-state index contributed by atoms with van der Waals surface area (Å²) in [5.74, 6) is 0.458. The molecule has 49 heavy (non-hydrogen) atoms. The van der Waals surface area contributed by atoms with E-state index >= 15 is 0 Å². The molecule has 0 bridgehead atoms. The Labute approximate surface area is 317 Å². The number of allylic oxidation sites excluding steroid dienone is 4. The van der Waals surface area contributed by atoms with Crippen molar-refractivity contribution >= 4 is 6.48 Å². The minimum atomic E-state index is -2.78. The molecule has 0 nitrogen and oxygen atoms in total. The van der Waals surface area contributed by atoms with Crippen molar-refractivity contribution in [1.82, 2.24) is 0 Å². The van der Waals surface area contributed by atoms with Gasteiger partial charge in [-0.05, 0) is 0 Å². The third-order valence-electron chi connectivity index (χ3n) is 10.3. The van der Waals surface area contributed by atoms with E-state index in [2.05, 4.69) is 172 Å². The molecule has 0 saturated heterocycles. The van der Waals surface area contributed by atoms with E-state index in [0.29, 0.717) is 5.92 Å².